The highest BCUT2D eigenvalue weighted by atomic mass is 127. The quantitative estimate of drug-likeness (QED) is 0.349. The van der Waals surface area contributed by atoms with Gasteiger partial charge in [0, 0.05) is 58.4 Å². The van der Waals surface area contributed by atoms with Crippen molar-refractivity contribution in [2.45, 2.75) is 19.0 Å². The Balaban J connectivity index is 0.00000300. The predicted octanol–water partition coefficient (Wildman–Crippen LogP) is 2.16. The molecule has 7 nitrogen and oxygen atoms in total. The molecule has 1 unspecified atom stereocenters. The van der Waals surface area contributed by atoms with Gasteiger partial charge in [-0.05, 0) is 26.1 Å². The zero-order valence-corrected chi connectivity index (χ0v) is 20.0. The number of rotatable bonds is 7. The number of nitrogens with zero attached hydrogens (tertiary/aromatic N) is 5. The maximum atomic E-state index is 4.93. The number of guanidine groups is 1. The van der Waals surface area contributed by atoms with Crippen molar-refractivity contribution in [1.29, 1.82) is 0 Å². The van der Waals surface area contributed by atoms with Crippen molar-refractivity contribution in [3.8, 4) is 0 Å². The summed E-state index contributed by atoms with van der Waals surface area (Å²) in [5.74, 6) is 0.987. The molecule has 1 fully saturated rings. The average Bonchev–Trinajstić information content (AvgIpc) is 3.22. The van der Waals surface area contributed by atoms with E-state index in [4.69, 9.17) is 4.52 Å². The molecule has 2 aromatic rings. The molecule has 1 aliphatic rings. The molecule has 160 valence electrons. The van der Waals surface area contributed by atoms with Crippen molar-refractivity contribution in [1.82, 2.24) is 25.2 Å². The number of likely N-dealkylation sites (N-methyl/N-ethyl adjacent to an activating group) is 1. The van der Waals surface area contributed by atoms with E-state index in [1.165, 1.54) is 5.56 Å². The summed E-state index contributed by atoms with van der Waals surface area (Å²) in [6, 6.07) is 13.0. The second kappa shape index (κ2) is 12.1. The zero-order chi connectivity index (χ0) is 19.8. The number of aliphatic imine (C=N–C) groups is 1. The van der Waals surface area contributed by atoms with E-state index >= 15 is 0 Å². The molecule has 1 saturated heterocycles. The lowest BCUT2D eigenvalue weighted by molar-refractivity contribution is 0.168. The van der Waals surface area contributed by atoms with Crippen molar-refractivity contribution >= 4 is 29.9 Å². The van der Waals surface area contributed by atoms with Gasteiger partial charge in [-0.25, -0.2) is 0 Å². The first-order valence-corrected chi connectivity index (χ1v) is 9.93. The number of piperazine rings is 1. The summed E-state index contributed by atoms with van der Waals surface area (Å²) >= 11 is 0. The number of hydrogen-bond acceptors (Lipinski definition) is 5. The van der Waals surface area contributed by atoms with Crippen molar-refractivity contribution in [2.75, 3.05) is 53.9 Å². The van der Waals surface area contributed by atoms with Gasteiger partial charge >= 0.3 is 0 Å². The molecule has 0 radical (unpaired) electrons. The summed E-state index contributed by atoms with van der Waals surface area (Å²) in [5.41, 5.74) is 2.35. The van der Waals surface area contributed by atoms with Gasteiger partial charge in [-0.1, -0.05) is 35.5 Å². The zero-order valence-electron chi connectivity index (χ0n) is 17.6. The van der Waals surface area contributed by atoms with Gasteiger partial charge in [0.05, 0.1) is 5.69 Å². The van der Waals surface area contributed by atoms with Crippen LogP contribution in [0.3, 0.4) is 0 Å². The number of hydrogen-bond donors (Lipinski definition) is 1. The van der Waals surface area contributed by atoms with E-state index in [1.807, 2.05) is 13.1 Å². The van der Waals surface area contributed by atoms with Crippen LogP contribution >= 0.6 is 24.0 Å². The van der Waals surface area contributed by atoms with Crippen LogP contribution in [-0.4, -0.2) is 85.7 Å². The Morgan fingerprint density at radius 3 is 2.48 bits per heavy atom. The molecular formula is C21H33IN6O. The normalized spacial score (nSPS) is 16.6. The lowest BCUT2D eigenvalue weighted by Gasteiger charge is -2.37. The van der Waals surface area contributed by atoms with E-state index in [0.29, 0.717) is 6.04 Å². The Bertz CT molecular complexity index is 714. The van der Waals surface area contributed by atoms with Crippen molar-refractivity contribution in [2.24, 2.45) is 4.99 Å². The van der Waals surface area contributed by atoms with E-state index in [0.717, 1.165) is 57.3 Å². The summed E-state index contributed by atoms with van der Waals surface area (Å²) in [5, 5.41) is 7.60. The number of halogens is 1. The highest BCUT2D eigenvalue weighted by Gasteiger charge is 2.21. The molecule has 3 rings (SSSR count). The number of aromatic nitrogens is 1. The maximum absolute atomic E-state index is 4.93. The van der Waals surface area contributed by atoms with Crippen LogP contribution in [0.5, 0.6) is 0 Å². The Hall–Kier alpha value is -1.65. The van der Waals surface area contributed by atoms with Crippen LogP contribution in [0.25, 0.3) is 0 Å². The molecule has 1 aliphatic heterocycles. The fourth-order valence-electron chi connectivity index (χ4n) is 3.53. The van der Waals surface area contributed by atoms with Crippen LogP contribution in [-0.2, 0) is 13.0 Å². The third-order valence-electron chi connectivity index (χ3n) is 5.30. The Kier molecular flexibility index (Phi) is 9.89. The summed E-state index contributed by atoms with van der Waals surface area (Å²) in [4.78, 5) is 11.5. The smallest absolute Gasteiger partial charge is 0.193 e. The highest BCUT2D eigenvalue weighted by Crippen LogP contribution is 2.09. The molecular weight excluding hydrogens is 479 g/mol. The molecule has 29 heavy (non-hydrogen) atoms. The minimum absolute atomic E-state index is 0. The first-order chi connectivity index (χ1) is 13.7. The Morgan fingerprint density at radius 2 is 1.90 bits per heavy atom. The minimum Gasteiger partial charge on any atom is -0.364 e. The van der Waals surface area contributed by atoms with Gasteiger partial charge in [-0.3, -0.25) is 9.89 Å². The minimum atomic E-state index is 0. The van der Waals surface area contributed by atoms with Gasteiger partial charge in [-0.15, -0.1) is 24.0 Å². The fourth-order valence-corrected chi connectivity index (χ4v) is 3.53. The maximum Gasteiger partial charge on any atom is 0.193 e. The van der Waals surface area contributed by atoms with Crippen molar-refractivity contribution < 1.29 is 4.52 Å². The lowest BCUT2D eigenvalue weighted by Crippen LogP contribution is -2.54. The van der Waals surface area contributed by atoms with Crippen molar-refractivity contribution in [3.05, 3.63) is 53.9 Å². The largest absolute Gasteiger partial charge is 0.364 e. The van der Waals surface area contributed by atoms with Gasteiger partial charge in [0.1, 0.15) is 6.26 Å². The van der Waals surface area contributed by atoms with E-state index in [2.05, 4.69) is 74.6 Å². The summed E-state index contributed by atoms with van der Waals surface area (Å²) in [6.07, 6.45) is 2.65. The molecule has 0 amide bonds. The summed E-state index contributed by atoms with van der Waals surface area (Å²) in [6.45, 7) is 5.62. The predicted molar refractivity (Wildman–Crippen MR) is 128 cm³/mol. The monoisotopic (exact) mass is 512 g/mol. The van der Waals surface area contributed by atoms with Crippen LogP contribution in [0.1, 0.15) is 11.3 Å². The second-order valence-corrected chi connectivity index (χ2v) is 7.49. The van der Waals surface area contributed by atoms with Crippen LogP contribution in [0.15, 0.2) is 52.2 Å². The molecule has 2 heterocycles. The topological polar surface area (TPSA) is 60.1 Å². The summed E-state index contributed by atoms with van der Waals surface area (Å²) < 4.78 is 4.93. The third-order valence-corrected chi connectivity index (χ3v) is 5.30. The van der Waals surface area contributed by atoms with Crippen LogP contribution < -0.4 is 5.32 Å². The number of benzene rings is 1. The van der Waals surface area contributed by atoms with Crippen molar-refractivity contribution in [3.63, 3.8) is 0 Å². The average molecular weight is 512 g/mol. The molecule has 0 aliphatic carbocycles. The second-order valence-electron chi connectivity index (χ2n) is 7.49. The molecule has 8 heteroatoms. The van der Waals surface area contributed by atoms with Crippen LogP contribution in [0, 0.1) is 0 Å². The summed E-state index contributed by atoms with van der Waals surface area (Å²) in [7, 11) is 6.15. The fraction of sp³-hybridized carbons (Fsp3) is 0.524. The molecule has 1 atom stereocenters. The molecule has 0 spiro atoms. The Labute approximate surface area is 191 Å². The van der Waals surface area contributed by atoms with Gasteiger partial charge in [0.25, 0.3) is 0 Å². The van der Waals surface area contributed by atoms with Gasteiger partial charge in [-0.2, -0.15) is 0 Å². The van der Waals surface area contributed by atoms with Gasteiger partial charge in [0.15, 0.2) is 5.96 Å². The van der Waals surface area contributed by atoms with Gasteiger partial charge in [0.2, 0.25) is 0 Å². The highest BCUT2D eigenvalue weighted by molar-refractivity contribution is 14.0. The SMILES string of the molecule is CN=C(NCC(Cc1ccccc1)N(C)C)N1CCN(Cc2ccon2)CC1.I. The molecule has 1 aromatic heterocycles. The van der Waals surface area contributed by atoms with Gasteiger partial charge < -0.3 is 19.6 Å². The third kappa shape index (κ3) is 7.27. The van der Waals surface area contributed by atoms with E-state index in [-0.39, 0.29) is 24.0 Å². The molecule has 0 bridgehead atoms. The standard InChI is InChI=1S/C21H32N6O.HI/c1-22-21(23-16-20(25(2)3)15-18-7-5-4-6-8-18)27-12-10-26(11-13-27)17-19-9-14-28-24-19;/h4-9,14,20H,10-13,15-17H2,1-3H3,(H,22,23);1H. The first-order valence-electron chi connectivity index (χ1n) is 9.93. The van der Waals surface area contributed by atoms with Crippen LogP contribution in [0.2, 0.25) is 0 Å². The molecule has 1 N–H and O–H groups in total. The van der Waals surface area contributed by atoms with E-state index in [9.17, 15) is 0 Å². The Morgan fingerprint density at radius 1 is 1.17 bits per heavy atom. The molecule has 1 aromatic carbocycles. The van der Waals surface area contributed by atoms with E-state index < -0.39 is 0 Å². The van der Waals surface area contributed by atoms with Crippen LogP contribution in [0.4, 0.5) is 0 Å². The number of nitrogens with one attached hydrogen (secondary N) is 1. The van der Waals surface area contributed by atoms with E-state index in [1.54, 1.807) is 6.26 Å². The lowest BCUT2D eigenvalue weighted by atomic mass is 10.1. The molecule has 0 saturated carbocycles. The first kappa shape index (κ1) is 23.6.